The Morgan fingerprint density at radius 3 is 1.43 bits per heavy atom. The fraction of sp³-hybridized carbons (Fsp3) is 0.206. The number of nitrogens with zero attached hydrogens (tertiary/aromatic N) is 9. The zero-order valence-electron chi connectivity index (χ0n) is 47.7. The van der Waals surface area contributed by atoms with Gasteiger partial charge in [-0.25, -0.2) is 34.3 Å². The average Bonchev–Trinajstić information content (AvgIpc) is 4.57. The van der Waals surface area contributed by atoms with Crippen molar-refractivity contribution in [1.29, 1.82) is 0 Å². The Morgan fingerprint density at radius 2 is 0.954 bits per heavy atom. The van der Waals surface area contributed by atoms with E-state index >= 15 is 0 Å². The van der Waals surface area contributed by atoms with Gasteiger partial charge in [0, 0.05) is 82.0 Å². The smallest absolute Gasteiger partial charge is 0.465 e. The van der Waals surface area contributed by atoms with Gasteiger partial charge in [-0.3, -0.25) is 18.0 Å². The number of methoxy groups -OCH3 is 3. The number of ether oxygens (including phenoxy) is 3. The molecule has 24 heteroatoms. The van der Waals surface area contributed by atoms with Crippen LogP contribution in [0.2, 0.25) is 15.1 Å². The molecule has 0 radical (unpaired) electrons. The van der Waals surface area contributed by atoms with Crippen LogP contribution in [0.25, 0.3) is 45.1 Å². The second kappa shape index (κ2) is 32.0. The van der Waals surface area contributed by atoms with Crippen LogP contribution in [-0.2, 0) is 14.2 Å². The Balaban J connectivity index is 0.000000142. The van der Waals surface area contributed by atoms with Crippen molar-refractivity contribution in [2.75, 3.05) is 47.5 Å². The van der Waals surface area contributed by atoms with Gasteiger partial charge in [-0.05, 0) is 158 Å². The molecule has 0 aliphatic carbocycles. The van der Waals surface area contributed by atoms with Gasteiger partial charge in [-0.1, -0.05) is 77.6 Å². The lowest BCUT2D eigenvalue weighted by molar-refractivity contribution is 0.0592. The molecule has 0 spiro atoms. The maximum Gasteiger partial charge on any atom is 0.488 e. The van der Waals surface area contributed by atoms with Crippen molar-refractivity contribution >= 4 is 116 Å². The Kier molecular flexibility index (Phi) is 23.9. The summed E-state index contributed by atoms with van der Waals surface area (Å²) in [5, 5.41) is 22.4. The lowest BCUT2D eigenvalue weighted by Crippen LogP contribution is -2.35. The first-order valence-electron chi connectivity index (χ1n) is 27.5. The molecule has 11 aromatic rings. The van der Waals surface area contributed by atoms with Gasteiger partial charge in [-0.2, -0.15) is 0 Å². The van der Waals surface area contributed by atoms with Crippen LogP contribution in [0, 0.1) is 3.70 Å². The van der Waals surface area contributed by atoms with Crippen molar-refractivity contribution in [2.24, 2.45) is 0 Å². The minimum atomic E-state index is -1.43. The lowest BCUT2D eigenvalue weighted by Gasteiger charge is -2.26. The third-order valence-electron chi connectivity index (χ3n) is 13.6. The molecule has 10 heterocycles. The van der Waals surface area contributed by atoms with Crippen LogP contribution in [0.15, 0.2) is 177 Å². The van der Waals surface area contributed by atoms with Gasteiger partial charge in [0.05, 0.1) is 68.0 Å². The molecule has 0 saturated carbocycles. The molecule has 0 atom stereocenters. The van der Waals surface area contributed by atoms with Crippen LogP contribution in [0.1, 0.15) is 80.0 Å². The maximum atomic E-state index is 12.6. The molecule has 0 unspecified atom stereocenters. The monoisotopic (exact) mass is 1340 g/mol. The number of likely N-dealkylation sites (tertiary alicyclic amines) is 1. The summed E-state index contributed by atoms with van der Waals surface area (Å²) in [5.74, 6) is -0.958. The highest BCUT2D eigenvalue weighted by Gasteiger charge is 2.20. The number of aromatic nitrogens is 8. The molecule has 19 nitrogen and oxygen atoms in total. The Hall–Kier alpha value is -8.16. The highest BCUT2D eigenvalue weighted by Crippen LogP contribution is 2.26. The minimum Gasteiger partial charge on any atom is -0.465 e. The quantitative estimate of drug-likeness (QED) is 0.0585. The molecular formula is C63H61BCl3IN10O9. The van der Waals surface area contributed by atoms with Crippen molar-refractivity contribution in [3.63, 3.8) is 0 Å². The van der Waals surface area contributed by atoms with Gasteiger partial charge in [0.1, 0.15) is 26.3 Å². The summed E-state index contributed by atoms with van der Waals surface area (Å²) in [4.78, 5) is 65.4. The van der Waals surface area contributed by atoms with Crippen LogP contribution < -0.4 is 10.8 Å². The van der Waals surface area contributed by atoms with Crippen LogP contribution in [0.4, 0.5) is 0 Å². The van der Waals surface area contributed by atoms with Crippen molar-refractivity contribution in [1.82, 2.24) is 47.8 Å². The number of halogens is 4. The van der Waals surface area contributed by atoms with E-state index in [1.807, 2.05) is 102 Å². The third kappa shape index (κ3) is 17.7. The first-order chi connectivity index (χ1) is 42.1. The first kappa shape index (κ1) is 64.8. The SMILES string of the molecule is C1CCNCC1.COC(=O)c1ccn2c(-c3cccc(Cl)c3)cnc2c1.COC(=O)c1ccn2c(I)cnc2c1.COC(=O)c1ccn2ccnc2c1.O=C(c1ccn2c(-c3cccc(Cl)c3)cnc2c1)N1CCCCC1.OB(O)c1cccc(Cl)c1. The van der Waals surface area contributed by atoms with E-state index in [0.717, 1.165) is 69.1 Å². The van der Waals surface area contributed by atoms with Crippen molar-refractivity contribution < 1.29 is 43.4 Å². The van der Waals surface area contributed by atoms with Crippen molar-refractivity contribution in [2.45, 2.75) is 38.5 Å². The number of carbonyl (C=O) groups is 4. The standard InChI is InChI=1S/C19H18ClN3O.C15H11ClN2O2.C9H7IN2O2.C9H8N2O2.C6H6BClO2.C5H11N/c20-16-6-4-5-14(11-16)17-13-21-18-12-15(7-10-23(17)18)19(24)22-8-2-1-3-9-22;1-20-15(19)11-5-6-18-13(9-17-14(18)8-11)10-3-2-4-12(16)7-10;1-14-9(13)6-2-3-12-7(10)5-11-8(12)4-6;1-13-9(12)7-2-4-11-5-3-10-8(11)6-7;8-6-3-1-2-5(4-6)7(9)10;1-2-4-6-5-3-1/h4-7,10-13H,1-3,8-9H2;2-9H,1H3;2-5H,1H3;2-6H,1H3;1-4,9-10H;6H,1-5H2. The van der Waals surface area contributed by atoms with E-state index in [4.69, 9.17) is 49.6 Å². The number of carbonyl (C=O) groups excluding carboxylic acids is 4. The summed E-state index contributed by atoms with van der Waals surface area (Å²) in [7, 11) is 2.65. The van der Waals surface area contributed by atoms with Crippen molar-refractivity contribution in [3.05, 3.63) is 218 Å². The molecule has 87 heavy (non-hydrogen) atoms. The number of nitrogens with one attached hydrogen (secondary N) is 1. The molecule has 3 N–H and O–H groups in total. The second-order valence-corrected chi connectivity index (χ2v) is 21.9. The summed E-state index contributed by atoms with van der Waals surface area (Å²) in [6.07, 6.45) is 23.7. The molecular weight excluding hydrogens is 1280 g/mol. The van der Waals surface area contributed by atoms with Gasteiger partial charge < -0.3 is 38.9 Å². The first-order valence-corrected chi connectivity index (χ1v) is 29.7. The Bertz CT molecular complexity index is 4120. The van der Waals surface area contributed by atoms with E-state index in [0.29, 0.717) is 48.4 Å². The fourth-order valence-corrected chi connectivity index (χ4v) is 10.3. The Labute approximate surface area is 530 Å². The summed E-state index contributed by atoms with van der Waals surface area (Å²) in [5.41, 5.74) is 9.41. The average molecular weight is 1350 g/mol. The number of rotatable bonds is 7. The molecule has 0 bridgehead atoms. The molecule has 3 aromatic carbocycles. The molecule has 13 rings (SSSR count). The molecule has 8 aromatic heterocycles. The van der Waals surface area contributed by atoms with E-state index in [-0.39, 0.29) is 23.8 Å². The predicted octanol–water partition coefficient (Wildman–Crippen LogP) is 11.3. The lowest BCUT2D eigenvalue weighted by atomic mass is 9.81. The van der Waals surface area contributed by atoms with E-state index in [1.165, 1.54) is 66.2 Å². The predicted molar refractivity (Wildman–Crippen MR) is 346 cm³/mol. The van der Waals surface area contributed by atoms with Crippen LogP contribution in [-0.4, -0.2) is 131 Å². The minimum absolute atomic E-state index is 0.101. The van der Waals surface area contributed by atoms with Gasteiger partial charge in [0.25, 0.3) is 5.91 Å². The van der Waals surface area contributed by atoms with E-state index in [9.17, 15) is 19.2 Å². The molecule has 2 aliphatic heterocycles. The van der Waals surface area contributed by atoms with Crippen LogP contribution in [0.5, 0.6) is 0 Å². The number of imidazole rings is 4. The summed E-state index contributed by atoms with van der Waals surface area (Å²) >= 11 is 19.8. The zero-order valence-corrected chi connectivity index (χ0v) is 52.1. The molecule has 1 amide bonds. The number of esters is 3. The van der Waals surface area contributed by atoms with E-state index < -0.39 is 7.12 Å². The summed E-state index contributed by atoms with van der Waals surface area (Å²) in [6, 6.07) is 35.6. The number of hydrogen-bond acceptors (Lipinski definition) is 14. The number of hydrogen-bond donors (Lipinski definition) is 3. The number of piperidine rings is 2. The van der Waals surface area contributed by atoms with Gasteiger partial charge in [-0.15, -0.1) is 0 Å². The van der Waals surface area contributed by atoms with E-state index in [1.54, 1.807) is 91.8 Å². The summed E-state index contributed by atoms with van der Waals surface area (Å²) < 4.78 is 22.5. The van der Waals surface area contributed by atoms with E-state index in [2.05, 4.69) is 57.3 Å². The highest BCUT2D eigenvalue weighted by atomic mass is 127. The largest absolute Gasteiger partial charge is 0.488 e. The maximum absolute atomic E-state index is 12.6. The molecule has 448 valence electrons. The Morgan fingerprint density at radius 1 is 0.506 bits per heavy atom. The normalized spacial score (nSPS) is 12.5. The zero-order chi connectivity index (χ0) is 61.8. The number of pyridine rings is 4. The van der Waals surface area contributed by atoms with Crippen molar-refractivity contribution in [3.8, 4) is 22.5 Å². The fourth-order valence-electron chi connectivity index (χ4n) is 9.16. The number of fused-ring (bicyclic) bond motifs is 4. The molecule has 2 saturated heterocycles. The molecule has 2 fully saturated rings. The molecule has 2 aliphatic rings. The number of amides is 1. The second-order valence-electron chi connectivity index (χ2n) is 19.5. The number of benzene rings is 3. The van der Waals surface area contributed by atoms with Crippen LogP contribution >= 0.6 is 57.4 Å². The van der Waals surface area contributed by atoms with Crippen LogP contribution in [0.3, 0.4) is 0 Å². The topological polar surface area (TPSA) is 221 Å². The van der Waals surface area contributed by atoms with Gasteiger partial charge in [0.2, 0.25) is 0 Å². The third-order valence-corrected chi connectivity index (χ3v) is 15.1. The van der Waals surface area contributed by atoms with Gasteiger partial charge in [0.15, 0.2) is 0 Å². The van der Waals surface area contributed by atoms with Gasteiger partial charge >= 0.3 is 25.0 Å². The highest BCUT2D eigenvalue weighted by molar-refractivity contribution is 14.1. The summed E-state index contributed by atoms with van der Waals surface area (Å²) in [6.45, 7) is 4.21.